The molecule has 1 aromatic rings. The fourth-order valence-corrected chi connectivity index (χ4v) is 1.87. The summed E-state index contributed by atoms with van der Waals surface area (Å²) in [5.41, 5.74) is 5.00. The van der Waals surface area contributed by atoms with Crippen LogP contribution in [0.4, 0.5) is 17.6 Å². The summed E-state index contributed by atoms with van der Waals surface area (Å²) in [6.45, 7) is 5.14. The van der Waals surface area contributed by atoms with E-state index in [1.54, 1.807) is 20.8 Å². The molecule has 0 aliphatic carbocycles. The Labute approximate surface area is 110 Å². The summed E-state index contributed by atoms with van der Waals surface area (Å²) in [5, 5.41) is 0. The molecule has 0 aliphatic heterocycles. The molecule has 1 nitrogen and oxygen atoms in total. The first-order chi connectivity index (χ1) is 8.62. The van der Waals surface area contributed by atoms with E-state index in [2.05, 4.69) is 0 Å². The Morgan fingerprint density at radius 2 is 1.74 bits per heavy atom. The minimum atomic E-state index is -4.67. The van der Waals surface area contributed by atoms with E-state index in [0.717, 1.165) is 6.07 Å². The fraction of sp³-hybridized carbons (Fsp3) is 0.571. The van der Waals surface area contributed by atoms with Crippen LogP contribution >= 0.6 is 0 Å². The molecule has 108 valence electrons. The van der Waals surface area contributed by atoms with Gasteiger partial charge in [0.2, 0.25) is 0 Å². The molecule has 1 rings (SSSR count). The van der Waals surface area contributed by atoms with Crippen LogP contribution in [0.3, 0.4) is 0 Å². The van der Waals surface area contributed by atoms with Crippen LogP contribution in [0.15, 0.2) is 12.1 Å². The molecular weight excluding hydrogens is 258 g/mol. The second-order valence-electron chi connectivity index (χ2n) is 5.22. The summed E-state index contributed by atoms with van der Waals surface area (Å²) in [7, 11) is 0. The Hall–Kier alpha value is -1.10. The zero-order valence-corrected chi connectivity index (χ0v) is 11.3. The lowest BCUT2D eigenvalue weighted by atomic mass is 9.94. The maximum Gasteiger partial charge on any atom is 0.419 e. The Kier molecular flexibility index (Phi) is 4.96. The van der Waals surface area contributed by atoms with Gasteiger partial charge in [-0.25, -0.2) is 4.39 Å². The van der Waals surface area contributed by atoms with Gasteiger partial charge in [-0.2, -0.15) is 13.2 Å². The predicted octanol–water partition coefficient (Wildman–Crippen LogP) is 4.25. The van der Waals surface area contributed by atoms with E-state index in [1.165, 1.54) is 6.07 Å². The van der Waals surface area contributed by atoms with E-state index in [-0.39, 0.29) is 17.5 Å². The van der Waals surface area contributed by atoms with E-state index < -0.39 is 17.6 Å². The molecule has 1 aromatic carbocycles. The standard InChI is InChI=1S/C14H19F4N/c1-8(2)11-6-10(5-4-9(3)19)7-12(13(11)15)14(16,17)18/h6-9H,4-5,19H2,1-3H3/t9-/m1/s1. The van der Waals surface area contributed by atoms with Crippen molar-refractivity contribution < 1.29 is 17.6 Å². The highest BCUT2D eigenvalue weighted by atomic mass is 19.4. The van der Waals surface area contributed by atoms with Gasteiger partial charge in [0.25, 0.3) is 0 Å². The predicted molar refractivity (Wildman–Crippen MR) is 67.5 cm³/mol. The van der Waals surface area contributed by atoms with Crippen LogP contribution in [-0.2, 0) is 12.6 Å². The van der Waals surface area contributed by atoms with Crippen molar-refractivity contribution in [1.29, 1.82) is 0 Å². The smallest absolute Gasteiger partial charge is 0.328 e. The van der Waals surface area contributed by atoms with Crippen molar-refractivity contribution in [3.63, 3.8) is 0 Å². The van der Waals surface area contributed by atoms with Gasteiger partial charge in [0.1, 0.15) is 5.82 Å². The number of alkyl halides is 3. The quantitative estimate of drug-likeness (QED) is 0.818. The lowest BCUT2D eigenvalue weighted by Gasteiger charge is -2.16. The van der Waals surface area contributed by atoms with Crippen molar-refractivity contribution in [1.82, 2.24) is 0 Å². The Morgan fingerprint density at radius 1 is 1.16 bits per heavy atom. The number of nitrogens with two attached hydrogens (primary N) is 1. The molecule has 0 saturated carbocycles. The second-order valence-corrected chi connectivity index (χ2v) is 5.22. The molecule has 0 unspecified atom stereocenters. The normalized spacial score (nSPS) is 13.9. The Bertz CT molecular complexity index is 436. The summed E-state index contributed by atoms with van der Waals surface area (Å²) in [6.07, 6.45) is -3.68. The van der Waals surface area contributed by atoms with E-state index in [4.69, 9.17) is 5.73 Å². The largest absolute Gasteiger partial charge is 0.419 e. The van der Waals surface area contributed by atoms with E-state index in [9.17, 15) is 17.6 Å². The number of halogens is 4. The number of aryl methyl sites for hydroxylation is 1. The van der Waals surface area contributed by atoms with Crippen LogP contribution in [0.1, 0.15) is 49.8 Å². The first kappa shape index (κ1) is 16.0. The summed E-state index contributed by atoms with van der Waals surface area (Å²) < 4.78 is 52.3. The molecular formula is C14H19F4N. The maximum atomic E-state index is 13.9. The van der Waals surface area contributed by atoms with Crippen molar-refractivity contribution in [2.45, 2.75) is 51.7 Å². The molecule has 0 saturated heterocycles. The highest BCUT2D eigenvalue weighted by molar-refractivity contribution is 5.35. The molecule has 0 aliphatic rings. The van der Waals surface area contributed by atoms with Gasteiger partial charge >= 0.3 is 6.18 Å². The van der Waals surface area contributed by atoms with Gasteiger partial charge in [-0.3, -0.25) is 0 Å². The third kappa shape index (κ3) is 4.20. The van der Waals surface area contributed by atoms with Gasteiger partial charge in [-0.1, -0.05) is 19.9 Å². The lowest BCUT2D eigenvalue weighted by molar-refractivity contribution is -0.140. The minimum Gasteiger partial charge on any atom is -0.328 e. The minimum absolute atomic E-state index is 0.0955. The molecule has 0 radical (unpaired) electrons. The third-order valence-electron chi connectivity index (χ3n) is 2.98. The monoisotopic (exact) mass is 277 g/mol. The van der Waals surface area contributed by atoms with Gasteiger partial charge in [0.15, 0.2) is 0 Å². The molecule has 19 heavy (non-hydrogen) atoms. The van der Waals surface area contributed by atoms with Crippen LogP contribution in [0.5, 0.6) is 0 Å². The first-order valence-electron chi connectivity index (χ1n) is 6.28. The van der Waals surface area contributed by atoms with Gasteiger partial charge in [-0.15, -0.1) is 0 Å². The first-order valence-corrected chi connectivity index (χ1v) is 6.28. The molecule has 0 fully saturated rings. The van der Waals surface area contributed by atoms with Crippen LogP contribution < -0.4 is 5.73 Å². The Morgan fingerprint density at radius 3 is 2.16 bits per heavy atom. The van der Waals surface area contributed by atoms with Crippen LogP contribution in [0.25, 0.3) is 0 Å². The third-order valence-corrected chi connectivity index (χ3v) is 2.98. The van der Waals surface area contributed by atoms with Crippen molar-refractivity contribution in [2.75, 3.05) is 0 Å². The highest BCUT2D eigenvalue weighted by Crippen LogP contribution is 2.35. The maximum absolute atomic E-state index is 13.9. The van der Waals surface area contributed by atoms with Gasteiger partial charge in [0.05, 0.1) is 5.56 Å². The molecule has 0 heterocycles. The molecule has 5 heteroatoms. The van der Waals surface area contributed by atoms with E-state index >= 15 is 0 Å². The van der Waals surface area contributed by atoms with Gasteiger partial charge < -0.3 is 5.73 Å². The van der Waals surface area contributed by atoms with Crippen LogP contribution in [0.2, 0.25) is 0 Å². The van der Waals surface area contributed by atoms with Gasteiger partial charge in [-0.05, 0) is 42.9 Å². The zero-order chi connectivity index (χ0) is 14.8. The number of benzene rings is 1. The molecule has 0 amide bonds. The fourth-order valence-electron chi connectivity index (χ4n) is 1.87. The van der Waals surface area contributed by atoms with E-state index in [0.29, 0.717) is 18.4 Å². The summed E-state index contributed by atoms with van der Waals surface area (Å²) in [6, 6.07) is 2.31. The SMILES string of the molecule is CC(C)c1cc(CC[C@@H](C)N)cc(C(F)(F)F)c1F. The van der Waals surface area contributed by atoms with Gasteiger partial charge in [0, 0.05) is 6.04 Å². The summed E-state index contributed by atoms with van der Waals surface area (Å²) in [4.78, 5) is 0. The van der Waals surface area contributed by atoms with Crippen LogP contribution in [0, 0.1) is 5.82 Å². The highest BCUT2D eigenvalue weighted by Gasteiger charge is 2.35. The van der Waals surface area contributed by atoms with Crippen molar-refractivity contribution in [2.24, 2.45) is 5.73 Å². The average molecular weight is 277 g/mol. The average Bonchev–Trinajstić information content (AvgIpc) is 2.25. The lowest BCUT2D eigenvalue weighted by Crippen LogP contribution is -2.16. The molecule has 0 aromatic heterocycles. The number of hydrogen-bond acceptors (Lipinski definition) is 1. The molecule has 0 spiro atoms. The molecule has 1 atom stereocenters. The number of rotatable bonds is 4. The van der Waals surface area contributed by atoms with Crippen molar-refractivity contribution >= 4 is 0 Å². The zero-order valence-electron chi connectivity index (χ0n) is 11.3. The second kappa shape index (κ2) is 5.90. The number of hydrogen-bond donors (Lipinski definition) is 1. The molecule has 2 N–H and O–H groups in total. The van der Waals surface area contributed by atoms with Crippen molar-refractivity contribution in [3.05, 3.63) is 34.6 Å². The summed E-state index contributed by atoms with van der Waals surface area (Å²) in [5.74, 6) is -1.46. The Balaban J connectivity index is 3.24. The van der Waals surface area contributed by atoms with Crippen molar-refractivity contribution in [3.8, 4) is 0 Å². The summed E-state index contributed by atoms with van der Waals surface area (Å²) >= 11 is 0. The molecule has 0 bridgehead atoms. The van der Waals surface area contributed by atoms with E-state index in [1.807, 2.05) is 0 Å². The van der Waals surface area contributed by atoms with Crippen LogP contribution in [-0.4, -0.2) is 6.04 Å². The topological polar surface area (TPSA) is 26.0 Å².